The summed E-state index contributed by atoms with van der Waals surface area (Å²) in [7, 11) is 0. The zero-order chi connectivity index (χ0) is 15.1. The van der Waals surface area contributed by atoms with Crippen LogP contribution in [-0.4, -0.2) is 11.8 Å². The average Bonchev–Trinajstić information content (AvgIpc) is 2.52. The van der Waals surface area contributed by atoms with Gasteiger partial charge in [-0.15, -0.1) is 0 Å². The number of esters is 1. The second-order valence-corrected chi connectivity index (χ2v) is 4.75. The van der Waals surface area contributed by atoms with Crippen molar-refractivity contribution in [1.29, 1.82) is 0 Å². The molecule has 0 amide bonds. The van der Waals surface area contributed by atoms with Gasteiger partial charge in [0.2, 0.25) is 0 Å². The van der Waals surface area contributed by atoms with E-state index < -0.39 is 11.8 Å². The van der Waals surface area contributed by atoms with Crippen LogP contribution in [0.4, 0.5) is 0 Å². The van der Waals surface area contributed by atoms with Crippen LogP contribution in [0.1, 0.15) is 11.1 Å². The lowest BCUT2D eigenvalue weighted by molar-refractivity contribution is -0.152. The van der Waals surface area contributed by atoms with Crippen LogP contribution in [0.5, 0.6) is 0 Å². The topological polar surface area (TPSA) is 43.4 Å². The Hall–Kier alpha value is -2.39. The van der Waals surface area contributed by atoms with Gasteiger partial charge in [-0.3, -0.25) is 4.79 Å². The van der Waals surface area contributed by atoms with Gasteiger partial charge in [0.1, 0.15) is 6.61 Å². The highest BCUT2D eigenvalue weighted by Crippen LogP contribution is 2.10. The third-order valence-corrected chi connectivity index (χ3v) is 2.96. The van der Waals surface area contributed by atoms with E-state index in [-0.39, 0.29) is 6.61 Å². The lowest BCUT2D eigenvalue weighted by atomic mass is 10.2. The Bertz CT molecular complexity index is 645. The van der Waals surface area contributed by atoms with Crippen molar-refractivity contribution in [2.75, 3.05) is 0 Å². The predicted octanol–water partition coefficient (Wildman–Crippen LogP) is 3.67. The number of carbonyl (C=O) groups is 2. The van der Waals surface area contributed by atoms with Crippen LogP contribution >= 0.6 is 11.6 Å². The lowest BCUT2D eigenvalue weighted by Crippen LogP contribution is -2.14. The minimum Gasteiger partial charge on any atom is -0.455 e. The molecule has 0 radical (unpaired) electrons. The van der Waals surface area contributed by atoms with Gasteiger partial charge in [-0.1, -0.05) is 60.1 Å². The zero-order valence-electron chi connectivity index (χ0n) is 11.2. The maximum absolute atomic E-state index is 11.6. The lowest BCUT2D eigenvalue weighted by Gasteiger charge is -2.02. The van der Waals surface area contributed by atoms with Crippen LogP contribution in [0.2, 0.25) is 5.02 Å². The van der Waals surface area contributed by atoms with E-state index in [0.29, 0.717) is 5.02 Å². The van der Waals surface area contributed by atoms with Crippen LogP contribution in [-0.2, 0) is 20.9 Å². The molecular weight excluding hydrogens is 288 g/mol. The molecule has 3 nitrogen and oxygen atoms in total. The summed E-state index contributed by atoms with van der Waals surface area (Å²) >= 11 is 5.76. The minimum absolute atomic E-state index is 0.0835. The van der Waals surface area contributed by atoms with Crippen LogP contribution in [0.25, 0.3) is 6.08 Å². The number of halogens is 1. The number of ketones is 1. The monoisotopic (exact) mass is 300 g/mol. The largest absolute Gasteiger partial charge is 0.455 e. The molecule has 0 aliphatic heterocycles. The Kier molecular flexibility index (Phi) is 5.29. The van der Waals surface area contributed by atoms with E-state index in [9.17, 15) is 9.59 Å². The van der Waals surface area contributed by atoms with Crippen LogP contribution in [0.15, 0.2) is 60.7 Å². The highest BCUT2D eigenvalue weighted by atomic mass is 35.5. The Morgan fingerprint density at radius 1 is 1.00 bits per heavy atom. The molecule has 2 aromatic carbocycles. The van der Waals surface area contributed by atoms with Gasteiger partial charge in [0.25, 0.3) is 5.78 Å². The van der Waals surface area contributed by atoms with E-state index in [2.05, 4.69) is 0 Å². The van der Waals surface area contributed by atoms with Crippen molar-refractivity contribution in [3.8, 4) is 0 Å². The summed E-state index contributed by atoms with van der Waals surface area (Å²) < 4.78 is 4.94. The van der Waals surface area contributed by atoms with Crippen LogP contribution in [0.3, 0.4) is 0 Å². The number of ether oxygens (including phenoxy) is 1. The van der Waals surface area contributed by atoms with Gasteiger partial charge in [-0.25, -0.2) is 4.79 Å². The Balaban J connectivity index is 1.87. The molecule has 0 atom stereocenters. The van der Waals surface area contributed by atoms with Crippen molar-refractivity contribution in [3.05, 3.63) is 76.8 Å². The molecule has 2 aromatic rings. The standard InChI is InChI=1S/C17H13ClO3/c18-15-9-6-13(7-10-15)8-11-16(19)17(20)21-12-14-4-2-1-3-5-14/h1-11H,12H2/b11-8+. The summed E-state index contributed by atoms with van der Waals surface area (Å²) in [6, 6.07) is 16.1. The van der Waals surface area contributed by atoms with Crippen LogP contribution < -0.4 is 0 Å². The smallest absolute Gasteiger partial charge is 0.379 e. The second-order valence-electron chi connectivity index (χ2n) is 4.31. The molecule has 0 aliphatic rings. The first-order valence-electron chi connectivity index (χ1n) is 6.34. The number of carbonyl (C=O) groups excluding carboxylic acids is 2. The molecule has 0 bridgehead atoms. The summed E-state index contributed by atoms with van der Waals surface area (Å²) in [5.41, 5.74) is 1.61. The summed E-state index contributed by atoms with van der Waals surface area (Å²) in [5, 5.41) is 0.612. The molecule has 0 saturated carbocycles. The Morgan fingerprint density at radius 2 is 1.67 bits per heavy atom. The van der Waals surface area contributed by atoms with E-state index in [4.69, 9.17) is 16.3 Å². The first-order valence-corrected chi connectivity index (χ1v) is 6.71. The van der Waals surface area contributed by atoms with Crippen LogP contribution in [0, 0.1) is 0 Å². The predicted molar refractivity (Wildman–Crippen MR) is 81.7 cm³/mol. The third kappa shape index (κ3) is 4.89. The first-order chi connectivity index (χ1) is 10.1. The highest BCUT2D eigenvalue weighted by molar-refractivity contribution is 6.39. The average molecular weight is 301 g/mol. The highest BCUT2D eigenvalue weighted by Gasteiger charge is 2.11. The van der Waals surface area contributed by atoms with Crippen molar-refractivity contribution >= 4 is 29.4 Å². The van der Waals surface area contributed by atoms with E-state index in [0.717, 1.165) is 11.1 Å². The maximum Gasteiger partial charge on any atom is 0.379 e. The van der Waals surface area contributed by atoms with Gasteiger partial charge in [-0.2, -0.15) is 0 Å². The summed E-state index contributed by atoms with van der Waals surface area (Å²) in [6.45, 7) is 0.0835. The number of hydrogen-bond donors (Lipinski definition) is 0. The van der Waals surface area contributed by atoms with Crippen molar-refractivity contribution in [2.45, 2.75) is 6.61 Å². The maximum atomic E-state index is 11.6. The van der Waals surface area contributed by atoms with E-state index in [1.165, 1.54) is 6.08 Å². The van der Waals surface area contributed by atoms with Crippen molar-refractivity contribution in [3.63, 3.8) is 0 Å². The Morgan fingerprint density at radius 3 is 2.33 bits per heavy atom. The first kappa shape index (κ1) is 15.0. The molecular formula is C17H13ClO3. The minimum atomic E-state index is -0.871. The van der Waals surface area contributed by atoms with Gasteiger partial charge < -0.3 is 4.74 Å². The van der Waals surface area contributed by atoms with Gasteiger partial charge >= 0.3 is 5.97 Å². The van der Waals surface area contributed by atoms with Gasteiger partial charge in [0, 0.05) is 5.02 Å². The third-order valence-electron chi connectivity index (χ3n) is 2.71. The molecule has 21 heavy (non-hydrogen) atoms. The molecule has 0 unspecified atom stereocenters. The molecule has 106 valence electrons. The number of benzene rings is 2. The molecule has 0 heterocycles. The fourth-order valence-electron chi connectivity index (χ4n) is 1.61. The number of rotatable bonds is 5. The number of hydrogen-bond acceptors (Lipinski definition) is 3. The normalized spacial score (nSPS) is 10.5. The molecule has 0 N–H and O–H groups in total. The van der Waals surface area contributed by atoms with Crippen molar-refractivity contribution in [2.24, 2.45) is 0 Å². The molecule has 0 aliphatic carbocycles. The summed E-state index contributed by atoms with van der Waals surface area (Å²) in [4.78, 5) is 23.2. The summed E-state index contributed by atoms with van der Waals surface area (Å²) in [6.07, 6.45) is 2.74. The molecule has 0 spiro atoms. The van der Waals surface area contributed by atoms with E-state index >= 15 is 0 Å². The Labute approximate surface area is 127 Å². The molecule has 2 rings (SSSR count). The zero-order valence-corrected chi connectivity index (χ0v) is 11.9. The quantitative estimate of drug-likeness (QED) is 0.481. The van der Waals surface area contributed by atoms with Gasteiger partial charge in [0.05, 0.1) is 0 Å². The van der Waals surface area contributed by atoms with Crippen molar-refractivity contribution in [1.82, 2.24) is 0 Å². The van der Waals surface area contributed by atoms with Gasteiger partial charge in [-0.05, 0) is 29.3 Å². The molecule has 0 saturated heterocycles. The van der Waals surface area contributed by atoms with E-state index in [1.54, 1.807) is 30.3 Å². The van der Waals surface area contributed by atoms with E-state index in [1.807, 2.05) is 30.3 Å². The molecule has 0 aromatic heterocycles. The fourth-order valence-corrected chi connectivity index (χ4v) is 1.73. The molecule has 4 heteroatoms. The molecule has 0 fully saturated rings. The van der Waals surface area contributed by atoms with Gasteiger partial charge in [0.15, 0.2) is 0 Å². The SMILES string of the molecule is O=C(/C=C/c1ccc(Cl)cc1)C(=O)OCc1ccccc1. The van der Waals surface area contributed by atoms with Crippen molar-refractivity contribution < 1.29 is 14.3 Å². The summed E-state index contributed by atoms with van der Waals surface area (Å²) in [5.74, 6) is -1.56. The second kappa shape index (κ2) is 7.41. The fraction of sp³-hybridized carbons (Fsp3) is 0.0588.